The Morgan fingerprint density at radius 2 is 2.28 bits per heavy atom. The van der Waals surface area contributed by atoms with E-state index in [1.165, 1.54) is 0 Å². The van der Waals surface area contributed by atoms with Gasteiger partial charge in [0, 0.05) is 20.1 Å². The van der Waals surface area contributed by atoms with Crippen LogP contribution in [0.2, 0.25) is 0 Å². The molecule has 1 fully saturated rings. The highest BCUT2D eigenvalue weighted by atomic mass is 35.5. The van der Waals surface area contributed by atoms with Gasteiger partial charge in [0.1, 0.15) is 6.04 Å². The van der Waals surface area contributed by atoms with E-state index in [0.29, 0.717) is 13.2 Å². The van der Waals surface area contributed by atoms with Crippen molar-refractivity contribution in [1.82, 2.24) is 10.2 Å². The standard InChI is InChI=1S/C13H24N2O2.ClH/c1-3-4-5-6-7-9-15(2)13(16)12-11-17-10-8-14-12;/h3,12,14H,1,4-11H2,2H3;1H. The predicted octanol–water partition coefficient (Wildman–Crippen LogP) is 1.60. The second-order valence-electron chi connectivity index (χ2n) is 4.48. The monoisotopic (exact) mass is 276 g/mol. The molecule has 0 spiro atoms. The lowest BCUT2D eigenvalue weighted by molar-refractivity contribution is -0.135. The summed E-state index contributed by atoms with van der Waals surface area (Å²) in [5.74, 6) is 0.147. The van der Waals surface area contributed by atoms with E-state index in [1.54, 1.807) is 4.90 Å². The Morgan fingerprint density at radius 3 is 2.89 bits per heavy atom. The van der Waals surface area contributed by atoms with Crippen LogP contribution in [0.4, 0.5) is 0 Å². The van der Waals surface area contributed by atoms with Crippen LogP contribution in [0.25, 0.3) is 0 Å². The van der Waals surface area contributed by atoms with Gasteiger partial charge in [-0.3, -0.25) is 4.79 Å². The highest BCUT2D eigenvalue weighted by molar-refractivity contribution is 5.85. The lowest BCUT2D eigenvalue weighted by Gasteiger charge is -2.27. The van der Waals surface area contributed by atoms with E-state index in [-0.39, 0.29) is 24.4 Å². The average molecular weight is 277 g/mol. The zero-order chi connectivity index (χ0) is 12.5. The Hall–Kier alpha value is -0.580. The molecule has 1 aliphatic heterocycles. The zero-order valence-corrected chi connectivity index (χ0v) is 12.0. The van der Waals surface area contributed by atoms with Gasteiger partial charge in [0.2, 0.25) is 5.91 Å². The second kappa shape index (κ2) is 10.4. The zero-order valence-electron chi connectivity index (χ0n) is 11.2. The molecule has 0 radical (unpaired) electrons. The van der Waals surface area contributed by atoms with Crippen molar-refractivity contribution in [1.29, 1.82) is 0 Å². The maximum atomic E-state index is 12.0. The Balaban J connectivity index is 0.00000289. The van der Waals surface area contributed by atoms with Crippen LogP contribution in [0.15, 0.2) is 12.7 Å². The molecule has 5 heteroatoms. The topological polar surface area (TPSA) is 41.6 Å². The van der Waals surface area contributed by atoms with Gasteiger partial charge in [-0.05, 0) is 19.3 Å². The Bertz CT molecular complexity index is 243. The summed E-state index contributed by atoms with van der Waals surface area (Å²) in [7, 11) is 1.87. The van der Waals surface area contributed by atoms with Gasteiger partial charge < -0.3 is 15.0 Å². The number of nitrogens with one attached hydrogen (secondary N) is 1. The maximum absolute atomic E-state index is 12.0. The maximum Gasteiger partial charge on any atom is 0.241 e. The molecule has 18 heavy (non-hydrogen) atoms. The number of unbranched alkanes of at least 4 members (excludes halogenated alkanes) is 3. The number of hydrogen-bond donors (Lipinski definition) is 1. The number of nitrogens with zero attached hydrogens (tertiary/aromatic N) is 1. The number of allylic oxidation sites excluding steroid dienone is 1. The molecule has 1 amide bonds. The van der Waals surface area contributed by atoms with Crippen molar-refractivity contribution < 1.29 is 9.53 Å². The molecule has 0 saturated carbocycles. The number of carbonyl (C=O) groups excluding carboxylic acids is 1. The van der Waals surface area contributed by atoms with Crippen molar-refractivity contribution in [3.8, 4) is 0 Å². The fourth-order valence-corrected chi connectivity index (χ4v) is 1.91. The number of hydrogen-bond acceptors (Lipinski definition) is 3. The van der Waals surface area contributed by atoms with Gasteiger partial charge in [-0.15, -0.1) is 19.0 Å². The third kappa shape index (κ3) is 6.38. The molecule has 1 unspecified atom stereocenters. The first kappa shape index (κ1) is 17.4. The lowest BCUT2D eigenvalue weighted by atomic mass is 10.2. The molecule has 1 saturated heterocycles. The van der Waals surface area contributed by atoms with Gasteiger partial charge >= 0.3 is 0 Å². The number of likely N-dealkylation sites (N-methyl/N-ethyl adjacent to an activating group) is 1. The summed E-state index contributed by atoms with van der Waals surface area (Å²) in [6, 6.07) is -0.151. The lowest BCUT2D eigenvalue weighted by Crippen LogP contribution is -2.51. The highest BCUT2D eigenvalue weighted by Crippen LogP contribution is 2.03. The molecule has 1 aliphatic rings. The predicted molar refractivity (Wildman–Crippen MR) is 76.2 cm³/mol. The van der Waals surface area contributed by atoms with Crippen LogP contribution in [-0.2, 0) is 9.53 Å². The molecular weight excluding hydrogens is 252 g/mol. The summed E-state index contributed by atoms with van der Waals surface area (Å²) in [5, 5.41) is 3.18. The number of ether oxygens (including phenoxy) is 1. The first-order valence-corrected chi connectivity index (χ1v) is 6.42. The van der Waals surface area contributed by atoms with Gasteiger partial charge in [-0.25, -0.2) is 0 Å². The summed E-state index contributed by atoms with van der Waals surface area (Å²) in [6.45, 7) is 6.49. The van der Waals surface area contributed by atoms with Gasteiger partial charge in [0.05, 0.1) is 13.2 Å². The number of halogens is 1. The molecule has 4 nitrogen and oxygen atoms in total. The smallest absolute Gasteiger partial charge is 0.241 e. The number of amides is 1. The number of rotatable bonds is 7. The van der Waals surface area contributed by atoms with Crippen LogP contribution in [0.5, 0.6) is 0 Å². The van der Waals surface area contributed by atoms with Crippen LogP contribution < -0.4 is 5.32 Å². The molecule has 1 N–H and O–H groups in total. The van der Waals surface area contributed by atoms with Crippen molar-refractivity contribution in [2.75, 3.05) is 33.4 Å². The molecular formula is C13H25ClN2O2. The minimum absolute atomic E-state index is 0. The quantitative estimate of drug-likeness (QED) is 0.567. The Morgan fingerprint density at radius 1 is 1.50 bits per heavy atom. The number of carbonyl (C=O) groups is 1. The molecule has 0 bridgehead atoms. The SMILES string of the molecule is C=CCCCCCN(C)C(=O)C1COCCN1.Cl. The molecule has 0 aromatic heterocycles. The van der Waals surface area contributed by atoms with E-state index in [0.717, 1.165) is 38.8 Å². The van der Waals surface area contributed by atoms with Crippen LogP contribution in [0, 0.1) is 0 Å². The van der Waals surface area contributed by atoms with Crippen molar-refractivity contribution in [2.24, 2.45) is 0 Å². The first-order chi connectivity index (χ1) is 8.25. The van der Waals surface area contributed by atoms with Crippen LogP contribution >= 0.6 is 12.4 Å². The summed E-state index contributed by atoms with van der Waals surface area (Å²) in [4.78, 5) is 13.8. The minimum atomic E-state index is -0.151. The highest BCUT2D eigenvalue weighted by Gasteiger charge is 2.23. The molecule has 0 aromatic carbocycles. The van der Waals surface area contributed by atoms with Crippen LogP contribution in [0.3, 0.4) is 0 Å². The Labute approximate surface area is 116 Å². The largest absolute Gasteiger partial charge is 0.378 e. The van der Waals surface area contributed by atoms with Gasteiger partial charge in [0.15, 0.2) is 0 Å². The van der Waals surface area contributed by atoms with E-state index >= 15 is 0 Å². The minimum Gasteiger partial charge on any atom is -0.378 e. The van der Waals surface area contributed by atoms with Crippen molar-refractivity contribution in [3.63, 3.8) is 0 Å². The van der Waals surface area contributed by atoms with E-state index in [4.69, 9.17) is 4.74 Å². The number of morpholine rings is 1. The third-order valence-electron chi connectivity index (χ3n) is 3.00. The van der Waals surface area contributed by atoms with E-state index in [2.05, 4.69) is 11.9 Å². The molecule has 0 aliphatic carbocycles. The summed E-state index contributed by atoms with van der Waals surface area (Å²) in [5.41, 5.74) is 0. The van der Waals surface area contributed by atoms with Crippen LogP contribution in [0.1, 0.15) is 25.7 Å². The molecule has 1 heterocycles. The Kier molecular flexibility index (Phi) is 10.0. The van der Waals surface area contributed by atoms with Crippen molar-refractivity contribution in [3.05, 3.63) is 12.7 Å². The van der Waals surface area contributed by atoms with Gasteiger partial charge in [0.25, 0.3) is 0 Å². The summed E-state index contributed by atoms with van der Waals surface area (Å²) < 4.78 is 5.29. The average Bonchev–Trinajstić information content (AvgIpc) is 2.38. The van der Waals surface area contributed by atoms with E-state index in [9.17, 15) is 4.79 Å². The molecule has 1 atom stereocenters. The molecule has 0 aromatic rings. The van der Waals surface area contributed by atoms with Crippen molar-refractivity contribution in [2.45, 2.75) is 31.7 Å². The normalized spacial score (nSPS) is 18.8. The summed E-state index contributed by atoms with van der Waals surface area (Å²) in [6.07, 6.45) is 6.38. The second-order valence-corrected chi connectivity index (χ2v) is 4.48. The fourth-order valence-electron chi connectivity index (χ4n) is 1.91. The molecule has 1 rings (SSSR count). The van der Waals surface area contributed by atoms with Crippen molar-refractivity contribution >= 4 is 18.3 Å². The van der Waals surface area contributed by atoms with Gasteiger partial charge in [-0.2, -0.15) is 0 Å². The fraction of sp³-hybridized carbons (Fsp3) is 0.769. The third-order valence-corrected chi connectivity index (χ3v) is 3.00. The van der Waals surface area contributed by atoms with Crippen LogP contribution in [-0.4, -0.2) is 50.2 Å². The molecule has 106 valence electrons. The first-order valence-electron chi connectivity index (χ1n) is 6.42. The van der Waals surface area contributed by atoms with Gasteiger partial charge in [-0.1, -0.05) is 12.5 Å². The van der Waals surface area contributed by atoms with E-state index < -0.39 is 0 Å². The summed E-state index contributed by atoms with van der Waals surface area (Å²) >= 11 is 0. The van der Waals surface area contributed by atoms with E-state index in [1.807, 2.05) is 13.1 Å².